The number of hydrogen-bond donors (Lipinski definition) is 2. The van der Waals surface area contributed by atoms with Crippen LogP contribution in [0.4, 0.5) is 0 Å². The number of ketones is 1. The van der Waals surface area contributed by atoms with Crippen molar-refractivity contribution in [2.24, 2.45) is 0 Å². The number of hydrogen-bond acceptors (Lipinski definition) is 4. The third-order valence-corrected chi connectivity index (χ3v) is 3.11. The molecule has 0 amide bonds. The summed E-state index contributed by atoms with van der Waals surface area (Å²) in [5, 5.41) is 18.7. The first-order valence-electron chi connectivity index (χ1n) is 6.40. The maximum atomic E-state index is 12.0. The molecule has 0 saturated carbocycles. The molecule has 2 rings (SSSR count). The number of aromatic hydroxyl groups is 2. The summed E-state index contributed by atoms with van der Waals surface area (Å²) in [4.78, 5) is 12.0. The molecule has 0 aliphatic heterocycles. The van der Waals surface area contributed by atoms with E-state index in [0.717, 1.165) is 11.1 Å². The third-order valence-electron chi connectivity index (χ3n) is 3.11. The maximum Gasteiger partial charge on any atom is 0.185 e. The number of rotatable bonds is 4. The molecule has 0 bridgehead atoms. The van der Waals surface area contributed by atoms with Crippen molar-refractivity contribution < 1.29 is 19.7 Å². The molecule has 21 heavy (non-hydrogen) atoms. The van der Waals surface area contributed by atoms with Gasteiger partial charge in [0.25, 0.3) is 0 Å². The van der Waals surface area contributed by atoms with Gasteiger partial charge in [-0.15, -0.1) is 0 Å². The molecule has 4 heteroatoms. The molecule has 0 saturated heterocycles. The van der Waals surface area contributed by atoms with Crippen LogP contribution in [0, 0.1) is 6.92 Å². The molecule has 2 N–H and O–H groups in total. The first-order valence-corrected chi connectivity index (χ1v) is 6.40. The molecule has 0 atom stereocenters. The lowest BCUT2D eigenvalue weighted by molar-refractivity contribution is 0.104. The van der Waals surface area contributed by atoms with E-state index in [-0.39, 0.29) is 17.3 Å². The van der Waals surface area contributed by atoms with Gasteiger partial charge in [0.1, 0.15) is 17.2 Å². The highest BCUT2D eigenvalue weighted by Crippen LogP contribution is 2.28. The van der Waals surface area contributed by atoms with E-state index in [9.17, 15) is 15.0 Å². The second-order valence-electron chi connectivity index (χ2n) is 4.62. The highest BCUT2D eigenvalue weighted by Gasteiger charge is 2.07. The van der Waals surface area contributed by atoms with Crippen LogP contribution in [0.25, 0.3) is 6.08 Å². The number of carbonyl (C=O) groups excluding carboxylic acids is 1. The average Bonchev–Trinajstić information content (AvgIpc) is 2.46. The number of methoxy groups -OCH3 is 1. The van der Waals surface area contributed by atoms with E-state index in [1.54, 1.807) is 24.3 Å². The molecule has 0 heterocycles. The Hall–Kier alpha value is -2.75. The number of carbonyl (C=O) groups is 1. The van der Waals surface area contributed by atoms with Gasteiger partial charge in [-0.2, -0.15) is 0 Å². The summed E-state index contributed by atoms with van der Waals surface area (Å²) in [5.74, 6) is 0.560. The second kappa shape index (κ2) is 6.13. The summed E-state index contributed by atoms with van der Waals surface area (Å²) in [6.07, 6.45) is 3.09. The zero-order valence-electron chi connectivity index (χ0n) is 11.8. The smallest absolute Gasteiger partial charge is 0.185 e. The predicted molar refractivity (Wildman–Crippen MR) is 80.9 cm³/mol. The second-order valence-corrected chi connectivity index (χ2v) is 4.62. The van der Waals surface area contributed by atoms with E-state index < -0.39 is 0 Å². The molecule has 0 spiro atoms. The molecule has 0 aliphatic carbocycles. The van der Waals surface area contributed by atoms with Gasteiger partial charge in [0.05, 0.1) is 7.11 Å². The first-order chi connectivity index (χ1) is 10.0. The van der Waals surface area contributed by atoms with Gasteiger partial charge >= 0.3 is 0 Å². The van der Waals surface area contributed by atoms with Crippen molar-refractivity contribution in [1.82, 2.24) is 0 Å². The van der Waals surface area contributed by atoms with Crippen LogP contribution >= 0.6 is 0 Å². The highest BCUT2D eigenvalue weighted by atomic mass is 16.5. The summed E-state index contributed by atoms with van der Waals surface area (Å²) in [6.45, 7) is 1.83. The molecule has 108 valence electrons. The Labute approximate surface area is 122 Å². The summed E-state index contributed by atoms with van der Waals surface area (Å²) in [7, 11) is 1.51. The lowest BCUT2D eigenvalue weighted by Crippen LogP contribution is -1.95. The molecule has 0 radical (unpaired) electrons. The number of ether oxygens (including phenoxy) is 1. The van der Waals surface area contributed by atoms with Gasteiger partial charge in [0, 0.05) is 17.2 Å². The standard InChI is InChI=1S/C17H16O4/c1-11-9-14(19)10-17(21-2)15(11)7-8-16(20)12-3-5-13(18)6-4-12/h3-10,18-19H,1-2H3. The van der Waals surface area contributed by atoms with Crippen molar-refractivity contribution in [3.63, 3.8) is 0 Å². The van der Waals surface area contributed by atoms with Crippen molar-refractivity contribution in [2.75, 3.05) is 7.11 Å². The zero-order chi connectivity index (χ0) is 15.4. The van der Waals surface area contributed by atoms with Gasteiger partial charge in [0.15, 0.2) is 5.78 Å². The Balaban J connectivity index is 2.29. The van der Waals surface area contributed by atoms with Crippen LogP contribution in [0.15, 0.2) is 42.5 Å². The van der Waals surface area contributed by atoms with E-state index in [2.05, 4.69) is 0 Å². The highest BCUT2D eigenvalue weighted by molar-refractivity contribution is 6.07. The Morgan fingerprint density at radius 2 is 1.76 bits per heavy atom. The fraction of sp³-hybridized carbons (Fsp3) is 0.118. The van der Waals surface area contributed by atoms with Crippen LogP contribution in [-0.2, 0) is 0 Å². The lowest BCUT2D eigenvalue weighted by atomic mass is 10.0. The molecule has 4 nitrogen and oxygen atoms in total. The Morgan fingerprint density at radius 3 is 2.38 bits per heavy atom. The van der Waals surface area contributed by atoms with Gasteiger partial charge in [0.2, 0.25) is 0 Å². The summed E-state index contributed by atoms with van der Waals surface area (Å²) in [5.41, 5.74) is 2.03. The fourth-order valence-corrected chi connectivity index (χ4v) is 2.01. The fourth-order valence-electron chi connectivity index (χ4n) is 2.01. The number of phenols is 2. The van der Waals surface area contributed by atoms with Crippen molar-refractivity contribution in [3.8, 4) is 17.2 Å². The lowest BCUT2D eigenvalue weighted by Gasteiger charge is -2.08. The van der Waals surface area contributed by atoms with Crippen molar-refractivity contribution >= 4 is 11.9 Å². The number of allylic oxidation sites excluding steroid dienone is 1. The largest absolute Gasteiger partial charge is 0.508 e. The van der Waals surface area contributed by atoms with Crippen LogP contribution < -0.4 is 4.74 Å². The quantitative estimate of drug-likeness (QED) is 0.667. The SMILES string of the molecule is COc1cc(O)cc(C)c1C=CC(=O)c1ccc(O)cc1. The summed E-state index contributed by atoms with van der Waals surface area (Å²) < 4.78 is 5.21. The van der Waals surface area contributed by atoms with Crippen LogP contribution in [0.5, 0.6) is 17.2 Å². The topological polar surface area (TPSA) is 66.8 Å². The predicted octanol–water partition coefficient (Wildman–Crippen LogP) is 3.31. The van der Waals surface area contributed by atoms with E-state index >= 15 is 0 Å². The molecule has 0 unspecified atom stereocenters. The van der Waals surface area contributed by atoms with E-state index in [4.69, 9.17) is 4.74 Å². The summed E-state index contributed by atoms with van der Waals surface area (Å²) in [6, 6.07) is 9.15. The van der Waals surface area contributed by atoms with E-state index in [1.165, 1.54) is 31.4 Å². The molecule has 0 aromatic heterocycles. The zero-order valence-corrected chi connectivity index (χ0v) is 11.8. The van der Waals surface area contributed by atoms with Gasteiger partial charge < -0.3 is 14.9 Å². The van der Waals surface area contributed by atoms with Crippen molar-refractivity contribution in [1.29, 1.82) is 0 Å². The van der Waals surface area contributed by atoms with Crippen molar-refractivity contribution in [2.45, 2.75) is 6.92 Å². The van der Waals surface area contributed by atoms with Crippen LogP contribution in [-0.4, -0.2) is 23.1 Å². The van der Waals surface area contributed by atoms with Crippen LogP contribution in [0.1, 0.15) is 21.5 Å². The molecular formula is C17H16O4. The Bertz CT molecular complexity index is 685. The molecule has 2 aromatic carbocycles. The minimum atomic E-state index is -0.176. The number of aryl methyl sites for hydroxylation is 1. The third kappa shape index (κ3) is 3.42. The monoisotopic (exact) mass is 284 g/mol. The van der Waals surface area contributed by atoms with Gasteiger partial charge in [-0.25, -0.2) is 0 Å². The molecular weight excluding hydrogens is 268 g/mol. The number of benzene rings is 2. The minimum Gasteiger partial charge on any atom is -0.508 e. The Kier molecular flexibility index (Phi) is 4.28. The Morgan fingerprint density at radius 1 is 1.10 bits per heavy atom. The van der Waals surface area contributed by atoms with Gasteiger partial charge in [-0.1, -0.05) is 0 Å². The maximum absolute atomic E-state index is 12.0. The van der Waals surface area contributed by atoms with Gasteiger partial charge in [-0.3, -0.25) is 4.79 Å². The summed E-state index contributed by atoms with van der Waals surface area (Å²) >= 11 is 0. The van der Waals surface area contributed by atoms with E-state index in [1.807, 2.05) is 6.92 Å². The molecule has 2 aromatic rings. The normalized spacial score (nSPS) is 10.8. The molecule has 0 aliphatic rings. The van der Waals surface area contributed by atoms with Crippen LogP contribution in [0.3, 0.4) is 0 Å². The number of phenolic OH excluding ortho intramolecular Hbond substituents is 2. The average molecular weight is 284 g/mol. The molecule has 0 fully saturated rings. The van der Waals surface area contributed by atoms with E-state index in [0.29, 0.717) is 11.3 Å². The first kappa shape index (κ1) is 14.7. The van der Waals surface area contributed by atoms with Crippen LogP contribution in [0.2, 0.25) is 0 Å². The van der Waals surface area contributed by atoms with Gasteiger partial charge in [-0.05, 0) is 55.0 Å². The minimum absolute atomic E-state index is 0.117. The van der Waals surface area contributed by atoms with Crippen molar-refractivity contribution in [3.05, 3.63) is 59.2 Å².